The number of allylic oxidation sites excluding steroid dienone is 3. The number of thioether (sulfide) groups is 1. The number of nitrogens with one attached hydrogen (secondary N) is 2. The van der Waals surface area contributed by atoms with Crippen LogP contribution in [0.5, 0.6) is 0 Å². The van der Waals surface area contributed by atoms with Crippen LogP contribution in [0.2, 0.25) is 5.02 Å². The summed E-state index contributed by atoms with van der Waals surface area (Å²) < 4.78 is 39.6. The van der Waals surface area contributed by atoms with Crippen LogP contribution in [-0.2, 0) is 15.8 Å². The number of alkyl halides is 3. The molecular formula is C25H22ClF3N2O2S. The minimum Gasteiger partial charge on any atom is -0.362 e. The van der Waals surface area contributed by atoms with Crippen molar-refractivity contribution in [3.63, 3.8) is 0 Å². The minimum atomic E-state index is -4.58. The van der Waals surface area contributed by atoms with Gasteiger partial charge in [0.15, 0.2) is 5.78 Å². The average molecular weight is 507 g/mol. The number of hydrogen-bond donors (Lipinski definition) is 2. The molecule has 178 valence electrons. The number of dihydropyridines is 1. The van der Waals surface area contributed by atoms with Gasteiger partial charge >= 0.3 is 6.18 Å². The van der Waals surface area contributed by atoms with Crippen LogP contribution in [0.15, 0.2) is 69.9 Å². The number of halogens is 4. The Hall–Kier alpha value is -2.71. The number of carbonyl (C=O) groups excluding carboxylic acids is 2. The van der Waals surface area contributed by atoms with Crippen molar-refractivity contribution >= 4 is 40.7 Å². The topological polar surface area (TPSA) is 58.2 Å². The first kappa shape index (κ1) is 24.4. The SMILES string of the molecule is CSc1ccc(C2C(C(=O)Nc3cc(C(F)(F)F)ccc3Cl)=C(C)NC3=C2C(=O)CCC3)cc1. The Balaban J connectivity index is 1.77. The highest BCUT2D eigenvalue weighted by molar-refractivity contribution is 7.98. The zero-order chi connectivity index (χ0) is 24.6. The molecule has 4 rings (SSSR count). The fourth-order valence-electron chi connectivity index (χ4n) is 4.40. The van der Waals surface area contributed by atoms with E-state index in [0.29, 0.717) is 24.1 Å². The van der Waals surface area contributed by atoms with Gasteiger partial charge in [-0.25, -0.2) is 0 Å². The van der Waals surface area contributed by atoms with Gasteiger partial charge in [0.25, 0.3) is 5.91 Å². The molecule has 2 aromatic carbocycles. The summed E-state index contributed by atoms with van der Waals surface area (Å²) >= 11 is 7.68. The second-order valence-corrected chi connectivity index (χ2v) is 9.47. The van der Waals surface area contributed by atoms with Crippen LogP contribution in [-0.4, -0.2) is 17.9 Å². The minimum absolute atomic E-state index is 0.0158. The van der Waals surface area contributed by atoms with Crippen molar-refractivity contribution in [1.29, 1.82) is 0 Å². The van der Waals surface area contributed by atoms with Crippen molar-refractivity contribution in [2.45, 2.75) is 43.2 Å². The Morgan fingerprint density at radius 1 is 1.15 bits per heavy atom. The molecule has 1 amide bonds. The van der Waals surface area contributed by atoms with Crippen LogP contribution in [0.4, 0.5) is 18.9 Å². The number of rotatable bonds is 4. The van der Waals surface area contributed by atoms with Crippen LogP contribution in [0.3, 0.4) is 0 Å². The molecule has 1 heterocycles. The maximum absolute atomic E-state index is 13.5. The first-order valence-electron chi connectivity index (χ1n) is 10.7. The molecule has 9 heteroatoms. The van der Waals surface area contributed by atoms with Gasteiger partial charge in [0.1, 0.15) is 0 Å². The lowest BCUT2D eigenvalue weighted by Crippen LogP contribution is -2.35. The lowest BCUT2D eigenvalue weighted by atomic mass is 9.75. The Morgan fingerprint density at radius 3 is 2.50 bits per heavy atom. The molecule has 0 aromatic heterocycles. The summed E-state index contributed by atoms with van der Waals surface area (Å²) in [5.41, 5.74) is 1.86. The van der Waals surface area contributed by atoms with E-state index in [9.17, 15) is 22.8 Å². The first-order valence-corrected chi connectivity index (χ1v) is 12.3. The molecule has 0 radical (unpaired) electrons. The predicted octanol–water partition coefficient (Wildman–Crippen LogP) is 6.69. The maximum atomic E-state index is 13.5. The van der Waals surface area contributed by atoms with E-state index in [1.807, 2.05) is 30.5 Å². The normalized spacial score (nSPS) is 18.5. The van der Waals surface area contributed by atoms with Gasteiger partial charge < -0.3 is 10.6 Å². The molecule has 1 unspecified atom stereocenters. The summed E-state index contributed by atoms with van der Waals surface area (Å²) in [5.74, 6) is -1.29. The van der Waals surface area contributed by atoms with Crippen molar-refractivity contribution in [1.82, 2.24) is 5.32 Å². The number of hydrogen-bond acceptors (Lipinski definition) is 4. The molecule has 1 aliphatic heterocycles. The number of ketones is 1. The molecule has 0 saturated heterocycles. The quantitative estimate of drug-likeness (QED) is 0.454. The van der Waals surface area contributed by atoms with Gasteiger partial charge in [-0.05, 0) is 61.9 Å². The van der Waals surface area contributed by atoms with Crippen LogP contribution < -0.4 is 10.6 Å². The molecule has 0 spiro atoms. The van der Waals surface area contributed by atoms with Gasteiger partial charge in [0, 0.05) is 39.8 Å². The molecule has 2 N–H and O–H groups in total. The van der Waals surface area contributed by atoms with Gasteiger partial charge in [-0.15, -0.1) is 11.8 Å². The van der Waals surface area contributed by atoms with E-state index in [0.717, 1.165) is 40.8 Å². The van der Waals surface area contributed by atoms with Crippen LogP contribution in [0, 0.1) is 0 Å². The van der Waals surface area contributed by atoms with Crippen LogP contribution >= 0.6 is 23.4 Å². The van der Waals surface area contributed by atoms with Crippen LogP contribution in [0.25, 0.3) is 0 Å². The number of carbonyl (C=O) groups is 2. The Kier molecular flexibility index (Phi) is 6.82. The predicted molar refractivity (Wildman–Crippen MR) is 128 cm³/mol. The Labute approximate surface area is 204 Å². The van der Waals surface area contributed by atoms with Gasteiger partial charge in [0.05, 0.1) is 16.3 Å². The number of Topliss-reactive ketones (excluding diaryl/α,β-unsaturated/α-hetero) is 1. The fraction of sp³-hybridized carbons (Fsp3) is 0.280. The molecule has 0 fully saturated rings. The van der Waals surface area contributed by atoms with E-state index in [1.165, 1.54) is 0 Å². The molecule has 2 aromatic rings. The summed E-state index contributed by atoms with van der Waals surface area (Å²) in [6, 6.07) is 10.4. The number of amides is 1. The molecule has 4 nitrogen and oxygen atoms in total. The van der Waals surface area contributed by atoms with E-state index in [4.69, 9.17) is 11.6 Å². The summed E-state index contributed by atoms with van der Waals surface area (Å²) in [7, 11) is 0. The molecule has 1 atom stereocenters. The molecule has 0 saturated carbocycles. The number of anilines is 1. The van der Waals surface area contributed by atoms with Gasteiger partial charge in [-0.2, -0.15) is 13.2 Å². The van der Waals surface area contributed by atoms with Crippen LogP contribution in [0.1, 0.15) is 43.2 Å². The van der Waals surface area contributed by atoms with E-state index >= 15 is 0 Å². The third kappa shape index (κ3) is 4.74. The summed E-state index contributed by atoms with van der Waals surface area (Å²) in [5, 5.41) is 5.73. The zero-order valence-electron chi connectivity index (χ0n) is 18.5. The Morgan fingerprint density at radius 2 is 1.85 bits per heavy atom. The second-order valence-electron chi connectivity index (χ2n) is 8.19. The Bertz CT molecular complexity index is 1220. The van der Waals surface area contributed by atoms with Crippen molar-refractivity contribution in [2.24, 2.45) is 0 Å². The average Bonchev–Trinajstić information content (AvgIpc) is 2.79. The lowest BCUT2D eigenvalue weighted by Gasteiger charge is -2.34. The third-order valence-electron chi connectivity index (χ3n) is 6.01. The molecule has 1 aliphatic carbocycles. The van der Waals surface area contributed by atoms with E-state index in [-0.39, 0.29) is 22.1 Å². The van der Waals surface area contributed by atoms with E-state index in [2.05, 4.69) is 10.6 Å². The first-order chi connectivity index (χ1) is 16.1. The monoisotopic (exact) mass is 506 g/mol. The van der Waals surface area contributed by atoms with Gasteiger partial charge in [-0.3, -0.25) is 9.59 Å². The molecular weight excluding hydrogens is 485 g/mol. The van der Waals surface area contributed by atoms with Crippen molar-refractivity contribution in [3.05, 3.63) is 81.2 Å². The van der Waals surface area contributed by atoms with E-state index in [1.54, 1.807) is 18.7 Å². The van der Waals surface area contributed by atoms with Crippen molar-refractivity contribution in [2.75, 3.05) is 11.6 Å². The lowest BCUT2D eigenvalue weighted by molar-refractivity contribution is -0.137. The maximum Gasteiger partial charge on any atom is 0.416 e. The van der Waals surface area contributed by atoms with Crippen molar-refractivity contribution < 1.29 is 22.8 Å². The van der Waals surface area contributed by atoms with Gasteiger partial charge in [-0.1, -0.05) is 23.7 Å². The molecule has 34 heavy (non-hydrogen) atoms. The second kappa shape index (κ2) is 9.50. The molecule has 0 bridgehead atoms. The molecule has 2 aliphatic rings. The number of benzene rings is 2. The fourth-order valence-corrected chi connectivity index (χ4v) is 4.97. The van der Waals surface area contributed by atoms with Gasteiger partial charge in [0.2, 0.25) is 0 Å². The summed E-state index contributed by atoms with van der Waals surface area (Å²) in [6.07, 6.45) is -0.842. The van der Waals surface area contributed by atoms with Crippen molar-refractivity contribution in [3.8, 4) is 0 Å². The summed E-state index contributed by atoms with van der Waals surface area (Å²) in [6.45, 7) is 1.73. The highest BCUT2D eigenvalue weighted by atomic mass is 35.5. The smallest absolute Gasteiger partial charge is 0.362 e. The highest BCUT2D eigenvalue weighted by Gasteiger charge is 2.39. The third-order valence-corrected chi connectivity index (χ3v) is 7.08. The summed E-state index contributed by atoms with van der Waals surface area (Å²) in [4.78, 5) is 27.5. The zero-order valence-corrected chi connectivity index (χ0v) is 20.0. The largest absolute Gasteiger partial charge is 0.416 e. The standard InChI is InChI=1S/C25H22ClF3N2O2S/c1-13-21(24(33)31-19-12-15(25(27,28)29)8-11-17(19)26)22(14-6-9-16(34-2)10-7-14)23-18(30-13)4-3-5-20(23)32/h6-12,22,30H,3-5H2,1-2H3,(H,31,33). The van der Waals surface area contributed by atoms with E-state index < -0.39 is 23.6 Å². The highest BCUT2D eigenvalue weighted by Crippen LogP contribution is 2.43.